The molecule has 0 saturated heterocycles. The van der Waals surface area contributed by atoms with Crippen molar-refractivity contribution in [2.24, 2.45) is 5.73 Å². The van der Waals surface area contributed by atoms with Crippen molar-refractivity contribution in [2.75, 3.05) is 19.8 Å². The maximum Gasteiger partial charge on any atom is 0.163 e. The summed E-state index contributed by atoms with van der Waals surface area (Å²) in [5.41, 5.74) is 9.01. The van der Waals surface area contributed by atoms with E-state index in [2.05, 4.69) is 16.7 Å². The van der Waals surface area contributed by atoms with Gasteiger partial charge in [-0.15, -0.1) is 0 Å². The van der Waals surface area contributed by atoms with Crippen molar-refractivity contribution in [3.05, 3.63) is 53.9 Å². The molecule has 23 heavy (non-hydrogen) atoms. The maximum absolute atomic E-state index is 5.81. The molecule has 0 aliphatic carbocycles. The molecule has 0 radical (unpaired) electrons. The van der Waals surface area contributed by atoms with E-state index in [9.17, 15) is 0 Å². The molecule has 1 aliphatic rings. The second-order valence-electron chi connectivity index (χ2n) is 5.62. The van der Waals surface area contributed by atoms with Gasteiger partial charge in [-0.25, -0.2) is 4.98 Å². The van der Waals surface area contributed by atoms with Gasteiger partial charge < -0.3 is 19.8 Å². The molecule has 0 atom stereocenters. The fourth-order valence-corrected chi connectivity index (χ4v) is 3.00. The molecule has 118 valence electrons. The third kappa shape index (κ3) is 2.64. The van der Waals surface area contributed by atoms with Crippen LogP contribution in [0.15, 0.2) is 42.5 Å². The van der Waals surface area contributed by atoms with Crippen LogP contribution in [0.4, 0.5) is 0 Å². The number of benzene rings is 2. The smallest absolute Gasteiger partial charge is 0.163 e. The molecule has 5 nitrogen and oxygen atoms in total. The van der Waals surface area contributed by atoms with Crippen molar-refractivity contribution in [1.29, 1.82) is 0 Å². The number of nitrogens with two attached hydrogens (primary N) is 1. The van der Waals surface area contributed by atoms with Crippen LogP contribution in [0.2, 0.25) is 0 Å². The third-order valence-electron chi connectivity index (χ3n) is 4.05. The van der Waals surface area contributed by atoms with Gasteiger partial charge in [0.05, 0.1) is 11.0 Å². The van der Waals surface area contributed by atoms with Crippen molar-refractivity contribution in [1.82, 2.24) is 9.55 Å². The zero-order valence-corrected chi connectivity index (χ0v) is 12.9. The molecule has 5 heteroatoms. The van der Waals surface area contributed by atoms with Gasteiger partial charge in [0.1, 0.15) is 19.0 Å². The molecule has 0 bridgehead atoms. The Morgan fingerprint density at radius 2 is 1.78 bits per heavy atom. The van der Waals surface area contributed by atoms with E-state index in [0.29, 0.717) is 19.8 Å². The number of fused-ring (bicyclic) bond motifs is 2. The van der Waals surface area contributed by atoms with E-state index in [4.69, 9.17) is 20.2 Å². The Kier molecular flexibility index (Phi) is 3.63. The minimum absolute atomic E-state index is 0.571. The molecule has 2 N–H and O–H groups in total. The second kappa shape index (κ2) is 5.93. The van der Waals surface area contributed by atoms with Crippen molar-refractivity contribution < 1.29 is 9.47 Å². The number of aromatic nitrogens is 2. The summed E-state index contributed by atoms with van der Waals surface area (Å²) in [6.45, 7) is 2.47. The Morgan fingerprint density at radius 3 is 2.52 bits per heavy atom. The Balaban J connectivity index is 1.81. The fraction of sp³-hybridized carbons (Fsp3) is 0.278. The molecule has 0 spiro atoms. The SMILES string of the molecule is NCCn1c(Cc2ccccc2)nc2cc3c(cc21)OCCO3. The fourth-order valence-electron chi connectivity index (χ4n) is 3.00. The van der Waals surface area contributed by atoms with E-state index in [0.717, 1.165) is 41.3 Å². The van der Waals surface area contributed by atoms with E-state index >= 15 is 0 Å². The topological polar surface area (TPSA) is 62.3 Å². The largest absolute Gasteiger partial charge is 0.486 e. The van der Waals surface area contributed by atoms with Crippen molar-refractivity contribution in [2.45, 2.75) is 13.0 Å². The summed E-state index contributed by atoms with van der Waals surface area (Å²) in [7, 11) is 0. The minimum Gasteiger partial charge on any atom is -0.486 e. The molecule has 4 rings (SSSR count). The minimum atomic E-state index is 0.571. The normalized spacial score (nSPS) is 13.4. The lowest BCUT2D eigenvalue weighted by molar-refractivity contribution is 0.172. The summed E-state index contributed by atoms with van der Waals surface area (Å²) in [5, 5.41) is 0. The molecular weight excluding hydrogens is 290 g/mol. The highest BCUT2D eigenvalue weighted by atomic mass is 16.6. The highest BCUT2D eigenvalue weighted by Gasteiger charge is 2.18. The molecule has 2 aromatic carbocycles. The van der Waals surface area contributed by atoms with Crippen molar-refractivity contribution in [3.8, 4) is 11.5 Å². The molecule has 0 saturated carbocycles. The first kappa shape index (κ1) is 14.1. The summed E-state index contributed by atoms with van der Waals surface area (Å²) >= 11 is 0. The average Bonchev–Trinajstić information content (AvgIpc) is 2.91. The van der Waals surface area contributed by atoms with Crippen LogP contribution in [-0.4, -0.2) is 29.3 Å². The molecule has 0 unspecified atom stereocenters. The summed E-state index contributed by atoms with van der Waals surface area (Å²) < 4.78 is 13.5. The summed E-state index contributed by atoms with van der Waals surface area (Å²) in [6.07, 6.45) is 0.780. The lowest BCUT2D eigenvalue weighted by atomic mass is 10.1. The standard InChI is InChI=1S/C18H19N3O2/c19-6-7-21-15-12-17-16(22-8-9-23-17)11-14(15)20-18(21)10-13-4-2-1-3-5-13/h1-5,11-12H,6-10,19H2. The third-order valence-corrected chi connectivity index (χ3v) is 4.05. The molecule has 0 fully saturated rings. The molecule has 0 amide bonds. The van der Waals surface area contributed by atoms with Gasteiger partial charge in [0, 0.05) is 31.6 Å². The first-order chi connectivity index (χ1) is 11.3. The van der Waals surface area contributed by atoms with E-state index in [1.807, 2.05) is 30.3 Å². The number of ether oxygens (including phenoxy) is 2. The first-order valence-electron chi connectivity index (χ1n) is 7.88. The number of rotatable bonds is 4. The number of imidazole rings is 1. The average molecular weight is 309 g/mol. The van der Waals surface area contributed by atoms with Gasteiger partial charge in [-0.1, -0.05) is 30.3 Å². The summed E-state index contributed by atoms with van der Waals surface area (Å²) in [4.78, 5) is 4.81. The van der Waals surface area contributed by atoms with Gasteiger partial charge in [-0.2, -0.15) is 0 Å². The Bertz CT molecular complexity index is 827. The highest BCUT2D eigenvalue weighted by Crippen LogP contribution is 2.35. The van der Waals surface area contributed by atoms with Gasteiger partial charge in [-0.05, 0) is 5.56 Å². The van der Waals surface area contributed by atoms with E-state index < -0.39 is 0 Å². The van der Waals surface area contributed by atoms with Gasteiger partial charge in [0.15, 0.2) is 11.5 Å². The summed E-state index contributed by atoms with van der Waals surface area (Å²) in [5.74, 6) is 2.57. The number of nitrogens with zero attached hydrogens (tertiary/aromatic N) is 2. The van der Waals surface area contributed by atoms with E-state index in [1.165, 1.54) is 5.56 Å². The zero-order valence-electron chi connectivity index (χ0n) is 12.9. The van der Waals surface area contributed by atoms with Gasteiger partial charge in [-0.3, -0.25) is 0 Å². The molecule has 2 heterocycles. The van der Waals surface area contributed by atoms with Crippen LogP contribution in [0.1, 0.15) is 11.4 Å². The number of hydrogen-bond donors (Lipinski definition) is 1. The highest BCUT2D eigenvalue weighted by molar-refractivity contribution is 5.81. The lowest BCUT2D eigenvalue weighted by Crippen LogP contribution is -2.15. The Labute approximate surface area is 134 Å². The maximum atomic E-state index is 5.81. The molecule has 1 aromatic heterocycles. The summed E-state index contributed by atoms with van der Waals surface area (Å²) in [6, 6.07) is 14.3. The van der Waals surface area contributed by atoms with Crippen LogP contribution in [0.3, 0.4) is 0 Å². The number of hydrogen-bond acceptors (Lipinski definition) is 4. The van der Waals surface area contributed by atoms with Crippen LogP contribution >= 0.6 is 0 Å². The van der Waals surface area contributed by atoms with Crippen LogP contribution in [0, 0.1) is 0 Å². The van der Waals surface area contributed by atoms with Crippen LogP contribution < -0.4 is 15.2 Å². The Hall–Kier alpha value is -2.53. The predicted molar refractivity (Wildman–Crippen MR) is 89.0 cm³/mol. The Morgan fingerprint density at radius 1 is 1.04 bits per heavy atom. The molecule has 1 aliphatic heterocycles. The van der Waals surface area contributed by atoms with Crippen LogP contribution in [0.5, 0.6) is 11.5 Å². The molecular formula is C18H19N3O2. The van der Waals surface area contributed by atoms with Gasteiger partial charge >= 0.3 is 0 Å². The van der Waals surface area contributed by atoms with Crippen molar-refractivity contribution in [3.63, 3.8) is 0 Å². The quantitative estimate of drug-likeness (QED) is 0.803. The van der Waals surface area contributed by atoms with Crippen LogP contribution in [-0.2, 0) is 13.0 Å². The van der Waals surface area contributed by atoms with Crippen molar-refractivity contribution >= 4 is 11.0 Å². The first-order valence-corrected chi connectivity index (χ1v) is 7.88. The monoisotopic (exact) mass is 309 g/mol. The van der Waals surface area contributed by atoms with E-state index in [1.54, 1.807) is 0 Å². The van der Waals surface area contributed by atoms with E-state index in [-0.39, 0.29) is 0 Å². The van der Waals surface area contributed by atoms with Gasteiger partial charge in [0.25, 0.3) is 0 Å². The zero-order chi connectivity index (χ0) is 15.6. The predicted octanol–water partition coefficient (Wildman–Crippen LogP) is 2.36. The lowest BCUT2D eigenvalue weighted by Gasteiger charge is -2.18. The molecule has 3 aromatic rings. The van der Waals surface area contributed by atoms with Crippen LogP contribution in [0.25, 0.3) is 11.0 Å². The van der Waals surface area contributed by atoms with Gasteiger partial charge in [0.2, 0.25) is 0 Å². The second-order valence-corrected chi connectivity index (χ2v) is 5.62.